The molecule has 17 heavy (non-hydrogen) atoms. The number of aromatic amines is 1. The molecule has 0 unspecified atom stereocenters. The molecular weight excluding hydrogens is 242 g/mol. The molecule has 2 aliphatic rings. The smallest absolute Gasteiger partial charge is 0.255 e. The van der Waals surface area contributed by atoms with Crippen LogP contribution in [-0.2, 0) is 23.1 Å². The molecule has 0 saturated heterocycles. The first-order chi connectivity index (χ1) is 7.98. The summed E-state index contributed by atoms with van der Waals surface area (Å²) >= 11 is 0. The lowest BCUT2D eigenvalue weighted by Crippen LogP contribution is -2.29. The summed E-state index contributed by atoms with van der Waals surface area (Å²) in [5.74, 6) is 0.527. The number of fused-ring (bicyclic) bond motifs is 1. The Morgan fingerprint density at radius 1 is 1.35 bits per heavy atom. The molecule has 0 atom stereocenters. The Balaban J connectivity index is 1.98. The normalized spacial score (nSPS) is 20.5. The van der Waals surface area contributed by atoms with Crippen molar-refractivity contribution in [2.24, 2.45) is 0 Å². The maximum Gasteiger partial charge on any atom is 0.255 e. The van der Waals surface area contributed by atoms with Gasteiger partial charge in [-0.3, -0.25) is 4.79 Å². The van der Waals surface area contributed by atoms with Crippen LogP contribution in [-0.4, -0.2) is 27.9 Å². The Morgan fingerprint density at radius 3 is 2.71 bits per heavy atom. The Kier molecular flexibility index (Phi) is 2.18. The van der Waals surface area contributed by atoms with Crippen LogP contribution in [0, 0.1) is 6.92 Å². The number of aromatic nitrogens is 2. The first-order valence-corrected chi connectivity index (χ1v) is 7.06. The molecule has 0 aromatic carbocycles. The van der Waals surface area contributed by atoms with Crippen molar-refractivity contribution in [2.45, 2.75) is 38.1 Å². The number of sulfonamides is 1. The highest BCUT2D eigenvalue weighted by Gasteiger charge is 2.42. The number of hydrogen-bond donors (Lipinski definition) is 1. The molecule has 1 fully saturated rings. The van der Waals surface area contributed by atoms with E-state index in [1.54, 1.807) is 6.92 Å². The van der Waals surface area contributed by atoms with Gasteiger partial charge in [0.25, 0.3) is 5.56 Å². The molecule has 7 heteroatoms. The Morgan fingerprint density at radius 2 is 2.06 bits per heavy atom. The zero-order valence-corrected chi connectivity index (χ0v) is 10.2. The largest absolute Gasteiger partial charge is 0.310 e. The van der Waals surface area contributed by atoms with Gasteiger partial charge in [-0.1, -0.05) is 0 Å². The Hall–Kier alpha value is -1.21. The van der Waals surface area contributed by atoms with Crippen molar-refractivity contribution in [1.82, 2.24) is 14.3 Å². The lowest BCUT2D eigenvalue weighted by Gasteiger charge is -2.13. The Bertz CT molecular complexity index is 631. The van der Waals surface area contributed by atoms with Crippen molar-refractivity contribution in [3.8, 4) is 0 Å². The summed E-state index contributed by atoms with van der Waals surface area (Å²) in [5.41, 5.74) is 0.858. The minimum atomic E-state index is -3.22. The zero-order valence-electron chi connectivity index (χ0n) is 9.43. The summed E-state index contributed by atoms with van der Waals surface area (Å²) in [6.45, 7) is 2.09. The van der Waals surface area contributed by atoms with Gasteiger partial charge in [-0.2, -0.15) is 4.31 Å². The van der Waals surface area contributed by atoms with Gasteiger partial charge in [0.2, 0.25) is 10.0 Å². The number of rotatable bonds is 2. The van der Waals surface area contributed by atoms with Crippen molar-refractivity contribution in [2.75, 3.05) is 0 Å². The molecule has 0 bridgehead atoms. The average Bonchev–Trinajstić information content (AvgIpc) is 2.99. The second-order valence-electron chi connectivity index (χ2n) is 4.59. The van der Waals surface area contributed by atoms with E-state index in [-0.39, 0.29) is 23.9 Å². The van der Waals surface area contributed by atoms with Crippen LogP contribution in [0.15, 0.2) is 4.79 Å². The predicted octanol–water partition coefficient (Wildman–Crippen LogP) is -0.114. The van der Waals surface area contributed by atoms with Crippen LogP contribution in [0.5, 0.6) is 0 Å². The molecule has 1 aromatic heterocycles. The van der Waals surface area contributed by atoms with Gasteiger partial charge in [0.1, 0.15) is 5.82 Å². The lowest BCUT2D eigenvalue weighted by atomic mass is 10.3. The minimum absolute atomic E-state index is 0.163. The van der Waals surface area contributed by atoms with E-state index in [1.807, 2.05) is 0 Å². The van der Waals surface area contributed by atoms with E-state index in [4.69, 9.17) is 0 Å². The van der Waals surface area contributed by atoms with Crippen LogP contribution in [0.2, 0.25) is 0 Å². The first kappa shape index (κ1) is 10.9. The number of nitrogens with one attached hydrogen (secondary N) is 1. The van der Waals surface area contributed by atoms with Gasteiger partial charge >= 0.3 is 0 Å². The first-order valence-electron chi connectivity index (χ1n) is 5.56. The van der Waals surface area contributed by atoms with Crippen LogP contribution in [0.4, 0.5) is 0 Å². The van der Waals surface area contributed by atoms with Crippen LogP contribution in [0.25, 0.3) is 0 Å². The van der Waals surface area contributed by atoms with Crippen LogP contribution in [0.1, 0.15) is 29.9 Å². The molecule has 1 aliphatic heterocycles. The van der Waals surface area contributed by atoms with Gasteiger partial charge < -0.3 is 4.98 Å². The minimum Gasteiger partial charge on any atom is -0.310 e. The predicted molar refractivity (Wildman–Crippen MR) is 60.8 cm³/mol. The lowest BCUT2D eigenvalue weighted by molar-refractivity contribution is 0.428. The molecule has 92 valence electrons. The summed E-state index contributed by atoms with van der Waals surface area (Å²) in [6, 6.07) is 0. The molecule has 6 nitrogen and oxygen atoms in total. The van der Waals surface area contributed by atoms with Crippen molar-refractivity contribution in [1.29, 1.82) is 0 Å². The molecule has 0 radical (unpaired) electrons. The van der Waals surface area contributed by atoms with Crippen LogP contribution < -0.4 is 5.56 Å². The molecule has 1 aromatic rings. The fraction of sp³-hybridized carbons (Fsp3) is 0.600. The quantitative estimate of drug-likeness (QED) is 0.799. The summed E-state index contributed by atoms with van der Waals surface area (Å²) in [7, 11) is -3.22. The molecule has 0 spiro atoms. The van der Waals surface area contributed by atoms with Gasteiger partial charge in [0.05, 0.1) is 23.1 Å². The van der Waals surface area contributed by atoms with Crippen LogP contribution in [0.3, 0.4) is 0 Å². The molecular formula is C10H13N3O3S. The average molecular weight is 255 g/mol. The molecule has 0 amide bonds. The number of aryl methyl sites for hydroxylation is 1. The van der Waals surface area contributed by atoms with E-state index in [0.717, 1.165) is 12.8 Å². The van der Waals surface area contributed by atoms with E-state index in [1.165, 1.54) is 4.31 Å². The Labute approximate surface area is 98.7 Å². The van der Waals surface area contributed by atoms with E-state index >= 15 is 0 Å². The fourth-order valence-corrected chi connectivity index (χ4v) is 3.88. The summed E-state index contributed by atoms with van der Waals surface area (Å²) in [5, 5.41) is -0.239. The zero-order chi connectivity index (χ0) is 12.2. The van der Waals surface area contributed by atoms with Gasteiger partial charge in [-0.05, 0) is 19.8 Å². The highest BCUT2D eigenvalue weighted by Crippen LogP contribution is 2.34. The topological polar surface area (TPSA) is 83.1 Å². The van der Waals surface area contributed by atoms with Gasteiger partial charge in [-0.15, -0.1) is 0 Å². The highest BCUT2D eigenvalue weighted by atomic mass is 32.2. The number of nitrogens with zero attached hydrogens (tertiary/aromatic N) is 2. The highest BCUT2D eigenvalue weighted by molar-refractivity contribution is 7.90. The van der Waals surface area contributed by atoms with Crippen molar-refractivity contribution in [3.63, 3.8) is 0 Å². The standard InChI is InChI=1S/C10H13N3O3S/c1-6-11-9-5-13(4-8(9)10(14)12-6)17(15,16)7-2-3-7/h7H,2-5H2,1H3,(H,11,12,14). The van der Waals surface area contributed by atoms with Gasteiger partial charge in [0, 0.05) is 6.54 Å². The summed E-state index contributed by atoms with van der Waals surface area (Å²) < 4.78 is 25.5. The van der Waals surface area contributed by atoms with Crippen molar-refractivity contribution >= 4 is 10.0 Å². The third kappa shape index (κ3) is 1.69. The van der Waals surface area contributed by atoms with Crippen molar-refractivity contribution in [3.05, 3.63) is 27.4 Å². The van der Waals surface area contributed by atoms with Gasteiger partial charge in [0.15, 0.2) is 0 Å². The molecule has 1 aliphatic carbocycles. The third-order valence-electron chi connectivity index (χ3n) is 3.19. The number of H-pyrrole nitrogens is 1. The molecule has 3 rings (SSSR count). The maximum absolute atomic E-state index is 12.0. The van der Waals surface area contributed by atoms with Crippen molar-refractivity contribution < 1.29 is 8.42 Å². The molecule has 2 heterocycles. The second kappa shape index (κ2) is 3.39. The monoisotopic (exact) mass is 255 g/mol. The maximum atomic E-state index is 12.0. The van der Waals surface area contributed by atoms with E-state index in [9.17, 15) is 13.2 Å². The molecule has 1 N–H and O–H groups in total. The third-order valence-corrected chi connectivity index (χ3v) is 5.48. The van der Waals surface area contributed by atoms with E-state index in [0.29, 0.717) is 17.1 Å². The second-order valence-corrected chi connectivity index (χ2v) is 6.80. The SMILES string of the molecule is Cc1nc2c(c(=O)[nH]1)CN(S(=O)(=O)C1CC1)C2. The van der Waals surface area contributed by atoms with Crippen LogP contribution >= 0.6 is 0 Å². The summed E-state index contributed by atoms with van der Waals surface area (Å²) in [4.78, 5) is 18.5. The summed E-state index contributed by atoms with van der Waals surface area (Å²) in [6.07, 6.45) is 1.47. The van der Waals surface area contributed by atoms with Gasteiger partial charge in [-0.25, -0.2) is 13.4 Å². The number of hydrogen-bond acceptors (Lipinski definition) is 4. The fourth-order valence-electron chi connectivity index (χ4n) is 2.12. The molecule has 1 saturated carbocycles. The van der Waals surface area contributed by atoms with E-state index < -0.39 is 10.0 Å². The van der Waals surface area contributed by atoms with E-state index in [2.05, 4.69) is 9.97 Å².